The third-order valence-electron chi connectivity index (χ3n) is 3.44. The second-order valence-electron chi connectivity index (χ2n) is 5.21. The van der Waals surface area contributed by atoms with Gasteiger partial charge >= 0.3 is 0 Å². The number of hydrogen-bond acceptors (Lipinski definition) is 3. The number of hydrogen-bond donors (Lipinski definition) is 1. The van der Waals surface area contributed by atoms with E-state index in [9.17, 15) is 0 Å². The molecule has 0 spiro atoms. The molecule has 0 aliphatic carbocycles. The minimum Gasteiger partial charge on any atom is -0.374 e. The van der Waals surface area contributed by atoms with Gasteiger partial charge in [0.25, 0.3) is 0 Å². The fourth-order valence-corrected chi connectivity index (χ4v) is 2.40. The lowest BCUT2D eigenvalue weighted by molar-refractivity contribution is 0.0970. The highest BCUT2D eigenvalue weighted by atomic mass is 16.5. The summed E-state index contributed by atoms with van der Waals surface area (Å²) in [6.45, 7) is 5.65. The summed E-state index contributed by atoms with van der Waals surface area (Å²) >= 11 is 0. The van der Waals surface area contributed by atoms with E-state index in [0.717, 1.165) is 5.69 Å². The van der Waals surface area contributed by atoms with Crippen molar-refractivity contribution in [2.45, 2.75) is 32.5 Å². The van der Waals surface area contributed by atoms with Gasteiger partial charge in [0.2, 0.25) is 0 Å². The summed E-state index contributed by atoms with van der Waals surface area (Å²) in [6.07, 6.45) is 3.92. The minimum atomic E-state index is 0.203. The molecule has 1 aliphatic rings. The van der Waals surface area contributed by atoms with Gasteiger partial charge in [-0.2, -0.15) is 5.10 Å². The third kappa shape index (κ3) is 2.49. The van der Waals surface area contributed by atoms with Gasteiger partial charge in [0.1, 0.15) is 0 Å². The van der Waals surface area contributed by atoms with Crippen LogP contribution in [-0.4, -0.2) is 16.4 Å². The molecule has 2 heterocycles. The van der Waals surface area contributed by atoms with Gasteiger partial charge in [0, 0.05) is 12.2 Å². The first-order valence-electron chi connectivity index (χ1n) is 6.70. The molecule has 19 heavy (non-hydrogen) atoms. The van der Waals surface area contributed by atoms with Crippen molar-refractivity contribution in [3.05, 3.63) is 47.8 Å². The fraction of sp³-hybridized carbons (Fsp3) is 0.400. The maximum Gasteiger partial charge on any atom is 0.0752 e. The number of nitrogens with one attached hydrogen (secondary N) is 1. The van der Waals surface area contributed by atoms with E-state index in [1.54, 1.807) is 0 Å². The zero-order valence-corrected chi connectivity index (χ0v) is 11.3. The Labute approximate surface area is 113 Å². The molecule has 0 fully saturated rings. The van der Waals surface area contributed by atoms with Gasteiger partial charge in [-0.25, -0.2) is 0 Å². The first-order valence-corrected chi connectivity index (χ1v) is 6.70. The molecule has 1 aromatic heterocycles. The third-order valence-corrected chi connectivity index (χ3v) is 3.44. The van der Waals surface area contributed by atoms with Gasteiger partial charge in [-0.15, -0.1) is 0 Å². The van der Waals surface area contributed by atoms with Crippen LogP contribution in [0.1, 0.15) is 37.1 Å². The summed E-state index contributed by atoms with van der Waals surface area (Å²) in [6, 6.07) is 9.01. The van der Waals surface area contributed by atoms with Crippen LogP contribution in [0.2, 0.25) is 0 Å². The molecule has 3 rings (SSSR count). The van der Waals surface area contributed by atoms with E-state index in [1.807, 2.05) is 17.1 Å². The summed E-state index contributed by atoms with van der Waals surface area (Å²) in [5.41, 5.74) is 3.63. The molecule has 1 aliphatic heterocycles. The van der Waals surface area contributed by atoms with Crippen molar-refractivity contribution < 1.29 is 4.74 Å². The Kier molecular flexibility index (Phi) is 3.25. The van der Waals surface area contributed by atoms with Crippen LogP contribution < -0.4 is 5.32 Å². The van der Waals surface area contributed by atoms with Crippen LogP contribution in [0.15, 0.2) is 36.7 Å². The molecule has 1 N–H and O–H groups in total. The summed E-state index contributed by atoms with van der Waals surface area (Å²) in [4.78, 5) is 0. The van der Waals surface area contributed by atoms with Crippen molar-refractivity contribution in [1.82, 2.24) is 9.78 Å². The molecule has 100 valence electrons. The van der Waals surface area contributed by atoms with Crippen molar-refractivity contribution in [2.75, 3.05) is 11.9 Å². The van der Waals surface area contributed by atoms with Gasteiger partial charge in [-0.3, -0.25) is 4.68 Å². The Morgan fingerprint density at radius 2 is 2.21 bits per heavy atom. The van der Waals surface area contributed by atoms with E-state index in [4.69, 9.17) is 4.74 Å². The summed E-state index contributed by atoms with van der Waals surface area (Å²) in [5.74, 6) is 0. The zero-order chi connectivity index (χ0) is 13.2. The standard InChI is InChI=1S/C15H19N3O/c1-11(2)18-8-13(7-16-18)17-15-10-19-9-12-5-3-4-6-14(12)15/h3-8,11,15,17H,9-10H2,1-2H3. The minimum absolute atomic E-state index is 0.203. The van der Waals surface area contributed by atoms with Crippen molar-refractivity contribution in [2.24, 2.45) is 0 Å². The molecule has 1 unspecified atom stereocenters. The van der Waals surface area contributed by atoms with Crippen LogP contribution in [0, 0.1) is 0 Å². The average molecular weight is 257 g/mol. The number of nitrogens with zero attached hydrogens (tertiary/aromatic N) is 2. The molecular weight excluding hydrogens is 238 g/mol. The maximum atomic E-state index is 5.65. The highest BCUT2D eigenvalue weighted by molar-refractivity contribution is 5.44. The van der Waals surface area contributed by atoms with Crippen molar-refractivity contribution >= 4 is 5.69 Å². The number of benzene rings is 1. The van der Waals surface area contributed by atoms with Crippen LogP contribution in [-0.2, 0) is 11.3 Å². The van der Waals surface area contributed by atoms with Crippen LogP contribution in [0.5, 0.6) is 0 Å². The van der Waals surface area contributed by atoms with E-state index in [1.165, 1.54) is 11.1 Å². The van der Waals surface area contributed by atoms with E-state index < -0.39 is 0 Å². The SMILES string of the molecule is CC(C)n1cc(NC2COCc3ccccc32)cn1. The molecule has 4 nitrogen and oxygen atoms in total. The van der Waals surface area contributed by atoms with Crippen LogP contribution in [0.4, 0.5) is 5.69 Å². The molecule has 0 amide bonds. The Bertz CT molecular complexity index is 562. The maximum absolute atomic E-state index is 5.65. The van der Waals surface area contributed by atoms with Gasteiger partial charge < -0.3 is 10.1 Å². The number of aromatic nitrogens is 2. The van der Waals surface area contributed by atoms with E-state index >= 15 is 0 Å². The summed E-state index contributed by atoms with van der Waals surface area (Å²) in [7, 11) is 0. The fourth-order valence-electron chi connectivity index (χ4n) is 2.40. The molecule has 0 bridgehead atoms. The Balaban J connectivity index is 1.80. The smallest absolute Gasteiger partial charge is 0.0752 e. The first kappa shape index (κ1) is 12.2. The Morgan fingerprint density at radius 3 is 3.00 bits per heavy atom. The predicted octanol–water partition coefficient (Wildman–Crippen LogP) is 3.15. The van der Waals surface area contributed by atoms with Crippen molar-refractivity contribution in [3.8, 4) is 0 Å². The van der Waals surface area contributed by atoms with Gasteiger partial charge in [0.05, 0.1) is 31.1 Å². The lowest BCUT2D eigenvalue weighted by Gasteiger charge is -2.26. The molecule has 2 aromatic rings. The largest absolute Gasteiger partial charge is 0.374 e. The van der Waals surface area contributed by atoms with Crippen LogP contribution in [0.25, 0.3) is 0 Å². The molecule has 0 saturated heterocycles. The Morgan fingerprint density at radius 1 is 1.37 bits per heavy atom. The highest BCUT2D eigenvalue weighted by Gasteiger charge is 2.20. The number of ether oxygens (including phenoxy) is 1. The normalized spacial score (nSPS) is 18.4. The molecular formula is C15H19N3O. The van der Waals surface area contributed by atoms with Gasteiger partial charge in [0.15, 0.2) is 0 Å². The van der Waals surface area contributed by atoms with Crippen molar-refractivity contribution in [1.29, 1.82) is 0 Å². The number of rotatable bonds is 3. The monoisotopic (exact) mass is 257 g/mol. The van der Waals surface area contributed by atoms with Crippen LogP contribution in [0.3, 0.4) is 0 Å². The molecule has 1 aromatic carbocycles. The second kappa shape index (κ2) is 5.05. The average Bonchev–Trinajstić information content (AvgIpc) is 2.88. The molecule has 1 atom stereocenters. The molecule has 0 saturated carbocycles. The number of fused-ring (bicyclic) bond motifs is 1. The van der Waals surface area contributed by atoms with Crippen LogP contribution >= 0.6 is 0 Å². The highest BCUT2D eigenvalue weighted by Crippen LogP contribution is 2.27. The van der Waals surface area contributed by atoms with E-state index in [-0.39, 0.29) is 6.04 Å². The second-order valence-corrected chi connectivity index (χ2v) is 5.21. The summed E-state index contributed by atoms with van der Waals surface area (Å²) in [5, 5.41) is 7.85. The van der Waals surface area contributed by atoms with Crippen molar-refractivity contribution in [3.63, 3.8) is 0 Å². The zero-order valence-electron chi connectivity index (χ0n) is 11.3. The lowest BCUT2D eigenvalue weighted by Crippen LogP contribution is -2.22. The molecule has 0 radical (unpaired) electrons. The summed E-state index contributed by atoms with van der Waals surface area (Å²) < 4.78 is 7.60. The number of anilines is 1. The van der Waals surface area contributed by atoms with Gasteiger partial charge in [-0.05, 0) is 25.0 Å². The first-order chi connectivity index (χ1) is 9.24. The lowest BCUT2D eigenvalue weighted by atomic mass is 9.99. The Hall–Kier alpha value is -1.81. The molecule has 4 heteroatoms. The topological polar surface area (TPSA) is 39.1 Å². The predicted molar refractivity (Wildman–Crippen MR) is 75.1 cm³/mol. The van der Waals surface area contributed by atoms with Gasteiger partial charge in [-0.1, -0.05) is 24.3 Å². The quantitative estimate of drug-likeness (QED) is 0.918. The van der Waals surface area contributed by atoms with E-state index in [0.29, 0.717) is 19.3 Å². The van der Waals surface area contributed by atoms with E-state index in [2.05, 4.69) is 48.5 Å².